The zero-order valence-electron chi connectivity index (χ0n) is 6.32. The topological polar surface area (TPSA) is 26.0 Å². The minimum absolute atomic E-state index is 0.592. The summed E-state index contributed by atoms with van der Waals surface area (Å²) in [6.07, 6.45) is 6.84. The first kappa shape index (κ1) is 7.07. The van der Waals surface area contributed by atoms with Crippen LogP contribution in [0.3, 0.4) is 0 Å². The molecule has 1 aliphatic carbocycles. The van der Waals surface area contributed by atoms with Gasteiger partial charge in [0.2, 0.25) is 0 Å². The fourth-order valence-electron chi connectivity index (χ4n) is 1.76. The summed E-state index contributed by atoms with van der Waals surface area (Å²) >= 11 is 0. The molecule has 0 heterocycles. The first-order valence-corrected chi connectivity index (χ1v) is 4.03. The van der Waals surface area contributed by atoms with Crippen molar-refractivity contribution in [3.05, 3.63) is 0 Å². The van der Waals surface area contributed by atoms with E-state index in [1.54, 1.807) is 0 Å². The van der Waals surface area contributed by atoms with Crippen molar-refractivity contribution >= 4 is 0 Å². The van der Waals surface area contributed by atoms with Crippen molar-refractivity contribution in [2.24, 2.45) is 11.1 Å². The lowest BCUT2D eigenvalue weighted by atomic mass is 9.66. The highest BCUT2D eigenvalue weighted by molar-refractivity contribution is 4.87. The lowest BCUT2D eigenvalue weighted by Crippen LogP contribution is -2.36. The predicted molar refractivity (Wildman–Crippen MR) is 40.2 cm³/mol. The summed E-state index contributed by atoms with van der Waals surface area (Å²) in [4.78, 5) is 0. The molecule has 0 aromatic heterocycles. The van der Waals surface area contributed by atoms with E-state index in [1.165, 1.54) is 32.1 Å². The van der Waals surface area contributed by atoms with Gasteiger partial charge in [-0.1, -0.05) is 19.8 Å². The van der Waals surface area contributed by atoms with Gasteiger partial charge in [-0.3, -0.25) is 0 Å². The van der Waals surface area contributed by atoms with Gasteiger partial charge in [-0.15, -0.1) is 0 Å². The molecule has 1 nitrogen and oxygen atoms in total. The van der Waals surface area contributed by atoms with Crippen molar-refractivity contribution in [3.8, 4) is 0 Å². The maximum absolute atomic E-state index is 5.65. The molecule has 0 atom stereocenters. The molecule has 0 saturated heterocycles. The molecule has 0 aliphatic heterocycles. The van der Waals surface area contributed by atoms with Gasteiger partial charge in [0.25, 0.3) is 0 Å². The molecule has 0 bridgehead atoms. The molecular weight excluding hydrogens is 110 g/mol. The third-order valence-corrected chi connectivity index (χ3v) is 2.63. The third-order valence-electron chi connectivity index (χ3n) is 2.63. The molecule has 0 amide bonds. The van der Waals surface area contributed by atoms with Crippen molar-refractivity contribution in [2.45, 2.75) is 39.0 Å². The van der Waals surface area contributed by atoms with Gasteiger partial charge in [0.05, 0.1) is 0 Å². The second-order valence-corrected chi connectivity index (χ2v) is 3.31. The SMILES string of the molecule is CCCC1(CN)CCC1. The molecule has 1 heteroatoms. The van der Waals surface area contributed by atoms with E-state index in [9.17, 15) is 0 Å². The van der Waals surface area contributed by atoms with Crippen LogP contribution in [0.25, 0.3) is 0 Å². The molecule has 0 unspecified atom stereocenters. The van der Waals surface area contributed by atoms with Gasteiger partial charge < -0.3 is 5.73 Å². The standard InChI is InChI=1S/C8H17N/c1-2-4-8(7-9)5-3-6-8/h2-7,9H2,1H3. The average molecular weight is 127 g/mol. The van der Waals surface area contributed by atoms with Crippen LogP contribution in [-0.4, -0.2) is 6.54 Å². The summed E-state index contributed by atoms with van der Waals surface area (Å²) in [7, 11) is 0. The predicted octanol–water partition coefficient (Wildman–Crippen LogP) is 1.92. The lowest BCUT2D eigenvalue weighted by Gasteiger charge is -2.40. The van der Waals surface area contributed by atoms with Gasteiger partial charge in [-0.05, 0) is 31.2 Å². The molecule has 1 fully saturated rings. The number of hydrogen-bond acceptors (Lipinski definition) is 1. The fraction of sp³-hybridized carbons (Fsp3) is 1.00. The van der Waals surface area contributed by atoms with Gasteiger partial charge in [0.15, 0.2) is 0 Å². The van der Waals surface area contributed by atoms with E-state index < -0.39 is 0 Å². The van der Waals surface area contributed by atoms with Gasteiger partial charge in [-0.25, -0.2) is 0 Å². The van der Waals surface area contributed by atoms with Crippen LogP contribution in [0, 0.1) is 5.41 Å². The zero-order valence-corrected chi connectivity index (χ0v) is 6.32. The van der Waals surface area contributed by atoms with Crippen LogP contribution in [0.2, 0.25) is 0 Å². The Morgan fingerprint density at radius 2 is 2.11 bits per heavy atom. The molecule has 1 aliphatic rings. The van der Waals surface area contributed by atoms with Gasteiger partial charge in [-0.2, -0.15) is 0 Å². The zero-order chi connectivity index (χ0) is 6.74. The van der Waals surface area contributed by atoms with Gasteiger partial charge >= 0.3 is 0 Å². The second-order valence-electron chi connectivity index (χ2n) is 3.31. The molecule has 0 spiro atoms. The number of nitrogens with two attached hydrogens (primary N) is 1. The molecule has 1 saturated carbocycles. The number of hydrogen-bond donors (Lipinski definition) is 1. The minimum Gasteiger partial charge on any atom is -0.330 e. The Labute approximate surface area is 57.6 Å². The molecule has 0 aromatic rings. The van der Waals surface area contributed by atoms with Crippen molar-refractivity contribution in [1.82, 2.24) is 0 Å². The first-order chi connectivity index (χ1) is 4.33. The smallest absolute Gasteiger partial charge is 0.00205 e. The molecular formula is C8H17N. The Bertz CT molecular complexity index is 79.1. The van der Waals surface area contributed by atoms with E-state index in [4.69, 9.17) is 5.73 Å². The fourth-order valence-corrected chi connectivity index (χ4v) is 1.76. The van der Waals surface area contributed by atoms with E-state index >= 15 is 0 Å². The van der Waals surface area contributed by atoms with E-state index in [-0.39, 0.29) is 0 Å². The minimum atomic E-state index is 0.592. The maximum Gasteiger partial charge on any atom is -0.00205 e. The highest BCUT2D eigenvalue weighted by atomic mass is 14.6. The quantitative estimate of drug-likeness (QED) is 0.615. The molecule has 0 radical (unpaired) electrons. The van der Waals surface area contributed by atoms with Crippen molar-refractivity contribution in [1.29, 1.82) is 0 Å². The Hall–Kier alpha value is -0.0400. The Balaban J connectivity index is 2.28. The van der Waals surface area contributed by atoms with E-state index in [0.29, 0.717) is 5.41 Å². The van der Waals surface area contributed by atoms with Crippen LogP contribution in [0.15, 0.2) is 0 Å². The Morgan fingerprint density at radius 3 is 2.22 bits per heavy atom. The van der Waals surface area contributed by atoms with Crippen LogP contribution < -0.4 is 5.73 Å². The molecule has 2 N–H and O–H groups in total. The highest BCUT2D eigenvalue weighted by Crippen LogP contribution is 2.43. The van der Waals surface area contributed by atoms with Crippen LogP contribution in [0.4, 0.5) is 0 Å². The van der Waals surface area contributed by atoms with Gasteiger partial charge in [0, 0.05) is 0 Å². The van der Waals surface area contributed by atoms with Crippen LogP contribution in [0.1, 0.15) is 39.0 Å². The lowest BCUT2D eigenvalue weighted by molar-refractivity contribution is 0.129. The number of rotatable bonds is 3. The normalized spacial score (nSPS) is 23.3. The molecule has 0 aromatic carbocycles. The molecule has 1 rings (SSSR count). The van der Waals surface area contributed by atoms with Crippen LogP contribution >= 0.6 is 0 Å². The average Bonchev–Trinajstić information content (AvgIpc) is 1.79. The highest BCUT2D eigenvalue weighted by Gasteiger charge is 2.33. The van der Waals surface area contributed by atoms with Crippen molar-refractivity contribution in [2.75, 3.05) is 6.54 Å². The van der Waals surface area contributed by atoms with E-state index in [1.807, 2.05) is 0 Å². The Morgan fingerprint density at radius 1 is 1.44 bits per heavy atom. The molecule has 9 heavy (non-hydrogen) atoms. The second kappa shape index (κ2) is 2.70. The summed E-state index contributed by atoms with van der Waals surface area (Å²) in [5.41, 5.74) is 6.25. The van der Waals surface area contributed by atoms with Crippen LogP contribution in [0.5, 0.6) is 0 Å². The first-order valence-electron chi connectivity index (χ1n) is 4.03. The summed E-state index contributed by atoms with van der Waals surface area (Å²) in [6, 6.07) is 0. The van der Waals surface area contributed by atoms with Crippen LogP contribution in [-0.2, 0) is 0 Å². The summed E-state index contributed by atoms with van der Waals surface area (Å²) in [5, 5.41) is 0. The maximum atomic E-state index is 5.65. The largest absolute Gasteiger partial charge is 0.330 e. The van der Waals surface area contributed by atoms with Gasteiger partial charge in [0.1, 0.15) is 0 Å². The van der Waals surface area contributed by atoms with Crippen molar-refractivity contribution in [3.63, 3.8) is 0 Å². The third kappa shape index (κ3) is 1.26. The molecule has 54 valence electrons. The summed E-state index contributed by atoms with van der Waals surface area (Å²) in [5.74, 6) is 0. The summed E-state index contributed by atoms with van der Waals surface area (Å²) in [6.45, 7) is 3.16. The summed E-state index contributed by atoms with van der Waals surface area (Å²) < 4.78 is 0. The monoisotopic (exact) mass is 127 g/mol. The van der Waals surface area contributed by atoms with E-state index in [0.717, 1.165) is 6.54 Å². The van der Waals surface area contributed by atoms with E-state index in [2.05, 4.69) is 6.92 Å². The Kier molecular flexibility index (Phi) is 2.12. The van der Waals surface area contributed by atoms with Crippen molar-refractivity contribution < 1.29 is 0 Å².